The van der Waals surface area contributed by atoms with E-state index in [1.54, 1.807) is 0 Å². The van der Waals surface area contributed by atoms with E-state index in [0.29, 0.717) is 12.8 Å². The van der Waals surface area contributed by atoms with Crippen molar-refractivity contribution >= 4 is 19.8 Å². The average Bonchev–Trinajstić information content (AvgIpc) is 3.18. The Morgan fingerprint density at radius 1 is 0.536 bits per heavy atom. The number of unbranched alkanes of at least 4 members (excludes halogenated alkanes) is 21. The Hall–Kier alpha value is -2.03. The minimum atomic E-state index is -4.39. The summed E-state index contributed by atoms with van der Waals surface area (Å²) in [5.74, 6) is -0.890. The molecule has 0 bridgehead atoms. The van der Waals surface area contributed by atoms with Gasteiger partial charge in [-0.2, -0.15) is 0 Å². The number of allylic oxidation sites excluding steroid dienone is 8. The fraction of sp³-hybridized carbons (Fsp3) is 0.783. The fourth-order valence-corrected chi connectivity index (χ4v) is 6.86. The van der Waals surface area contributed by atoms with Crippen molar-refractivity contribution < 1.29 is 37.6 Å². The van der Waals surface area contributed by atoms with Gasteiger partial charge in [0.1, 0.15) is 6.61 Å². The number of carbonyl (C=O) groups excluding carboxylic acids is 2. The van der Waals surface area contributed by atoms with Gasteiger partial charge < -0.3 is 20.1 Å². The zero-order chi connectivity index (χ0) is 41.1. The lowest BCUT2D eigenvalue weighted by Gasteiger charge is -2.19. The van der Waals surface area contributed by atoms with E-state index in [9.17, 15) is 19.0 Å². The summed E-state index contributed by atoms with van der Waals surface area (Å²) in [5.41, 5.74) is 5.35. The van der Waals surface area contributed by atoms with Gasteiger partial charge >= 0.3 is 19.8 Å². The van der Waals surface area contributed by atoms with Gasteiger partial charge in [-0.25, -0.2) is 4.57 Å². The highest BCUT2D eigenvalue weighted by Gasteiger charge is 2.26. The molecule has 0 aromatic carbocycles. The molecule has 2 atom stereocenters. The van der Waals surface area contributed by atoms with Crippen LogP contribution in [0.4, 0.5) is 0 Å². The number of esters is 2. The fourth-order valence-electron chi connectivity index (χ4n) is 6.10. The highest BCUT2D eigenvalue weighted by Crippen LogP contribution is 2.43. The molecule has 0 heterocycles. The second-order valence-electron chi connectivity index (χ2n) is 14.9. The molecule has 1 unspecified atom stereocenters. The number of carbonyl (C=O) groups is 2. The average molecular weight is 810 g/mol. The van der Waals surface area contributed by atoms with Crippen molar-refractivity contribution in [2.24, 2.45) is 5.73 Å². The molecular weight excluding hydrogens is 725 g/mol. The van der Waals surface area contributed by atoms with Gasteiger partial charge in [-0.05, 0) is 51.4 Å². The van der Waals surface area contributed by atoms with Crippen LogP contribution < -0.4 is 5.73 Å². The molecule has 56 heavy (non-hydrogen) atoms. The largest absolute Gasteiger partial charge is 0.472 e. The van der Waals surface area contributed by atoms with Crippen LogP contribution in [0.2, 0.25) is 0 Å². The van der Waals surface area contributed by atoms with Crippen molar-refractivity contribution in [3.05, 3.63) is 48.6 Å². The van der Waals surface area contributed by atoms with E-state index >= 15 is 0 Å². The van der Waals surface area contributed by atoms with Gasteiger partial charge in [-0.15, -0.1) is 0 Å². The molecule has 0 fully saturated rings. The van der Waals surface area contributed by atoms with Crippen LogP contribution in [0, 0.1) is 0 Å². The summed E-state index contributed by atoms with van der Waals surface area (Å²) < 4.78 is 32.8. The molecule has 0 aromatic heterocycles. The van der Waals surface area contributed by atoms with Crippen LogP contribution in [0.15, 0.2) is 48.6 Å². The Balaban J connectivity index is 4.20. The molecule has 0 radical (unpaired) electrons. The predicted octanol–water partition coefficient (Wildman–Crippen LogP) is 13.1. The van der Waals surface area contributed by atoms with E-state index in [1.807, 2.05) is 0 Å². The predicted molar refractivity (Wildman–Crippen MR) is 233 cm³/mol. The van der Waals surface area contributed by atoms with Gasteiger partial charge in [0.25, 0.3) is 0 Å². The minimum absolute atomic E-state index is 0.0460. The smallest absolute Gasteiger partial charge is 0.462 e. The van der Waals surface area contributed by atoms with Crippen LogP contribution in [-0.2, 0) is 32.7 Å². The lowest BCUT2D eigenvalue weighted by molar-refractivity contribution is -0.161. The molecule has 9 nitrogen and oxygen atoms in total. The second-order valence-corrected chi connectivity index (χ2v) is 16.4. The molecule has 0 amide bonds. The molecule has 0 aliphatic heterocycles. The molecule has 0 saturated carbocycles. The van der Waals surface area contributed by atoms with Crippen molar-refractivity contribution in [3.8, 4) is 0 Å². The monoisotopic (exact) mass is 810 g/mol. The molecule has 0 aliphatic rings. The zero-order valence-corrected chi connectivity index (χ0v) is 36.8. The first kappa shape index (κ1) is 54.0. The van der Waals surface area contributed by atoms with Gasteiger partial charge in [0.15, 0.2) is 6.10 Å². The van der Waals surface area contributed by atoms with Gasteiger partial charge in [0, 0.05) is 19.4 Å². The number of hydrogen-bond donors (Lipinski definition) is 2. The van der Waals surface area contributed by atoms with Gasteiger partial charge in [-0.3, -0.25) is 18.6 Å². The maximum Gasteiger partial charge on any atom is 0.472 e. The Labute approximate surface area is 343 Å². The summed E-state index contributed by atoms with van der Waals surface area (Å²) in [4.78, 5) is 34.9. The topological polar surface area (TPSA) is 134 Å². The van der Waals surface area contributed by atoms with E-state index in [0.717, 1.165) is 44.9 Å². The van der Waals surface area contributed by atoms with Crippen LogP contribution in [0.1, 0.15) is 200 Å². The summed E-state index contributed by atoms with van der Waals surface area (Å²) in [5, 5.41) is 0. The van der Waals surface area contributed by atoms with E-state index in [-0.39, 0.29) is 32.6 Å². The summed E-state index contributed by atoms with van der Waals surface area (Å²) >= 11 is 0. The maximum absolute atomic E-state index is 12.6. The number of hydrogen-bond acceptors (Lipinski definition) is 8. The maximum atomic E-state index is 12.6. The second kappa shape index (κ2) is 42.6. The van der Waals surface area contributed by atoms with Crippen LogP contribution in [0.3, 0.4) is 0 Å². The molecular formula is C46H84NO8P. The lowest BCUT2D eigenvalue weighted by atomic mass is 10.0. The van der Waals surface area contributed by atoms with Crippen LogP contribution in [0.25, 0.3) is 0 Å². The van der Waals surface area contributed by atoms with Crippen molar-refractivity contribution in [2.75, 3.05) is 26.4 Å². The Kier molecular flexibility index (Phi) is 41.0. The highest BCUT2D eigenvalue weighted by molar-refractivity contribution is 7.47. The number of ether oxygens (including phenoxy) is 2. The Bertz CT molecular complexity index is 1060. The first-order valence-electron chi connectivity index (χ1n) is 22.6. The molecule has 0 aromatic rings. The summed E-state index contributed by atoms with van der Waals surface area (Å²) in [6.07, 6.45) is 48.6. The normalized spacial score (nSPS) is 13.7. The molecule has 3 N–H and O–H groups in total. The zero-order valence-electron chi connectivity index (χ0n) is 35.9. The molecule has 0 saturated heterocycles. The molecule has 10 heteroatoms. The summed E-state index contributed by atoms with van der Waals surface area (Å²) in [6.45, 7) is 3.66. The Morgan fingerprint density at radius 3 is 1.43 bits per heavy atom. The summed E-state index contributed by atoms with van der Waals surface area (Å²) in [6, 6.07) is 0. The van der Waals surface area contributed by atoms with Gasteiger partial charge in [0.05, 0.1) is 13.2 Å². The number of phosphoric acid groups is 1. The number of phosphoric ester groups is 1. The van der Waals surface area contributed by atoms with Crippen molar-refractivity contribution in [1.29, 1.82) is 0 Å². The van der Waals surface area contributed by atoms with Crippen LogP contribution >= 0.6 is 7.82 Å². The summed E-state index contributed by atoms with van der Waals surface area (Å²) in [7, 11) is -4.39. The van der Waals surface area contributed by atoms with E-state index in [1.165, 1.54) is 116 Å². The van der Waals surface area contributed by atoms with Gasteiger partial charge in [0.2, 0.25) is 0 Å². The number of nitrogens with two attached hydrogens (primary N) is 1. The highest BCUT2D eigenvalue weighted by atomic mass is 31.2. The van der Waals surface area contributed by atoms with E-state index in [4.69, 9.17) is 24.3 Å². The van der Waals surface area contributed by atoms with E-state index < -0.39 is 32.5 Å². The van der Waals surface area contributed by atoms with Crippen molar-refractivity contribution in [1.82, 2.24) is 0 Å². The Morgan fingerprint density at radius 2 is 0.946 bits per heavy atom. The van der Waals surface area contributed by atoms with Crippen molar-refractivity contribution in [3.63, 3.8) is 0 Å². The molecule has 0 rings (SSSR count). The first-order chi connectivity index (χ1) is 27.3. The SMILES string of the molecule is CCCCC/C=C\C/C=C\C/C=C\C/C=C\CCCC(=O)OC[C@H](COP(=O)(O)OCCN)OC(=O)CCCCCCCCCCCCCCCCCCCC. The molecule has 0 spiro atoms. The minimum Gasteiger partial charge on any atom is -0.462 e. The molecule has 326 valence electrons. The first-order valence-corrected chi connectivity index (χ1v) is 24.1. The number of rotatable bonds is 42. The third-order valence-electron chi connectivity index (χ3n) is 9.47. The standard InChI is InChI=1S/C46H84NO8P/c1-3-5-7-9-11-13-15-17-19-21-23-25-27-29-31-33-35-37-39-46(49)55-44(43-54-56(50,51)53-41-40-47)42-52-45(48)38-36-34-32-30-28-26-24-22-20-18-16-14-12-10-8-6-4-2/h12,14,18,20,24,26,30,32,44H,3-11,13,15-17,19,21-23,25,27-29,31,33-43,47H2,1-2H3,(H,50,51)/b14-12-,20-18-,26-24-,32-30-/t44-/m1/s1. The third-order valence-corrected chi connectivity index (χ3v) is 10.5. The van der Waals surface area contributed by atoms with Gasteiger partial charge in [-0.1, -0.05) is 184 Å². The quantitative estimate of drug-likeness (QED) is 0.0267. The third kappa shape index (κ3) is 41.6. The van der Waals surface area contributed by atoms with E-state index in [2.05, 4.69) is 62.5 Å². The lowest BCUT2D eigenvalue weighted by Crippen LogP contribution is -2.29. The van der Waals surface area contributed by atoms with Crippen LogP contribution in [-0.4, -0.2) is 49.3 Å². The molecule has 0 aliphatic carbocycles. The van der Waals surface area contributed by atoms with Crippen LogP contribution in [0.5, 0.6) is 0 Å². The van der Waals surface area contributed by atoms with Crippen molar-refractivity contribution in [2.45, 2.75) is 206 Å².